The fourth-order valence-electron chi connectivity index (χ4n) is 1.02. The number of nitrogen functional groups attached to an aromatic ring is 1. The van der Waals surface area contributed by atoms with Crippen LogP contribution in [0, 0.1) is 3.57 Å². The third kappa shape index (κ3) is 2.12. The minimum atomic E-state index is 0.0127. The van der Waals surface area contributed by atoms with E-state index in [1.807, 2.05) is 0 Å². The second-order valence-corrected chi connectivity index (χ2v) is 3.79. The van der Waals surface area contributed by atoms with Crippen LogP contribution in [-0.2, 0) is 0 Å². The quantitative estimate of drug-likeness (QED) is 0.515. The van der Waals surface area contributed by atoms with Gasteiger partial charge in [0.1, 0.15) is 5.75 Å². The van der Waals surface area contributed by atoms with Crippen molar-refractivity contribution in [2.75, 3.05) is 12.8 Å². The zero-order valence-corrected chi connectivity index (χ0v) is 9.58. The number of hydrogen-bond donors (Lipinski definition) is 1. The Morgan fingerprint density at radius 2 is 2.15 bits per heavy atom. The Labute approximate surface area is 90.4 Å². The van der Waals surface area contributed by atoms with Crippen molar-refractivity contribution in [2.24, 2.45) is 0 Å². The third-order valence-corrected chi connectivity index (χ3v) is 2.59. The fraction of sp³-hybridized carbons (Fsp3) is 0.222. The monoisotopic (exact) mass is 291 g/mol. The maximum Gasteiger partial charge on any atom is 0.160 e. The molecule has 0 heterocycles. The summed E-state index contributed by atoms with van der Waals surface area (Å²) >= 11 is 2.08. The molecule has 0 unspecified atom stereocenters. The molecule has 3 nitrogen and oxygen atoms in total. The predicted octanol–water partition coefficient (Wildman–Crippen LogP) is 2.08. The van der Waals surface area contributed by atoms with Gasteiger partial charge in [0, 0.05) is 9.13 Å². The van der Waals surface area contributed by atoms with Crippen LogP contribution in [-0.4, -0.2) is 12.9 Å². The lowest BCUT2D eigenvalue weighted by molar-refractivity contribution is 0.101. The predicted molar refractivity (Wildman–Crippen MR) is 60.1 cm³/mol. The number of methoxy groups -OCH3 is 1. The fourth-order valence-corrected chi connectivity index (χ4v) is 1.84. The van der Waals surface area contributed by atoms with Gasteiger partial charge in [0.15, 0.2) is 5.78 Å². The van der Waals surface area contributed by atoms with E-state index in [4.69, 9.17) is 10.5 Å². The molecule has 70 valence electrons. The SMILES string of the molecule is COc1cc(I)c(C(C)=O)cc1N. The first-order valence-electron chi connectivity index (χ1n) is 3.70. The maximum atomic E-state index is 11.1. The van der Waals surface area contributed by atoms with Crippen molar-refractivity contribution in [2.45, 2.75) is 6.92 Å². The molecule has 2 N–H and O–H groups in total. The van der Waals surface area contributed by atoms with Crippen LogP contribution in [0.1, 0.15) is 17.3 Å². The van der Waals surface area contributed by atoms with E-state index < -0.39 is 0 Å². The molecule has 0 saturated carbocycles. The van der Waals surface area contributed by atoms with Crippen molar-refractivity contribution in [1.82, 2.24) is 0 Å². The summed E-state index contributed by atoms with van der Waals surface area (Å²) in [5, 5.41) is 0. The highest BCUT2D eigenvalue weighted by Crippen LogP contribution is 2.26. The summed E-state index contributed by atoms with van der Waals surface area (Å²) < 4.78 is 5.88. The van der Waals surface area contributed by atoms with Gasteiger partial charge in [0.05, 0.1) is 12.8 Å². The second-order valence-electron chi connectivity index (χ2n) is 2.63. The molecular weight excluding hydrogens is 281 g/mol. The first-order valence-corrected chi connectivity index (χ1v) is 4.78. The number of carbonyl (C=O) groups is 1. The van der Waals surface area contributed by atoms with E-state index in [9.17, 15) is 4.79 Å². The first-order chi connectivity index (χ1) is 6.06. The van der Waals surface area contributed by atoms with Gasteiger partial charge in [-0.25, -0.2) is 0 Å². The summed E-state index contributed by atoms with van der Waals surface area (Å²) in [6.07, 6.45) is 0. The highest BCUT2D eigenvalue weighted by atomic mass is 127. The molecule has 13 heavy (non-hydrogen) atoms. The Bertz CT molecular complexity index is 350. The van der Waals surface area contributed by atoms with E-state index in [1.54, 1.807) is 19.2 Å². The van der Waals surface area contributed by atoms with Gasteiger partial charge in [-0.3, -0.25) is 4.79 Å². The Kier molecular flexibility index (Phi) is 3.13. The summed E-state index contributed by atoms with van der Waals surface area (Å²) in [6.45, 7) is 1.52. The normalized spacial score (nSPS) is 9.77. The smallest absolute Gasteiger partial charge is 0.160 e. The summed E-state index contributed by atoms with van der Waals surface area (Å²) in [5.74, 6) is 0.619. The van der Waals surface area contributed by atoms with Crippen molar-refractivity contribution in [3.05, 3.63) is 21.3 Å². The molecular formula is C9H10INO2. The van der Waals surface area contributed by atoms with Gasteiger partial charge >= 0.3 is 0 Å². The van der Waals surface area contributed by atoms with Crippen LogP contribution in [0.5, 0.6) is 5.75 Å². The van der Waals surface area contributed by atoms with E-state index in [-0.39, 0.29) is 5.78 Å². The summed E-state index contributed by atoms with van der Waals surface area (Å²) in [5.41, 5.74) is 6.79. The topological polar surface area (TPSA) is 52.3 Å². The average Bonchev–Trinajstić information content (AvgIpc) is 2.07. The molecule has 0 aliphatic carbocycles. The molecule has 4 heteroatoms. The number of rotatable bonds is 2. The maximum absolute atomic E-state index is 11.1. The number of halogens is 1. The van der Waals surface area contributed by atoms with Crippen LogP contribution in [0.15, 0.2) is 12.1 Å². The van der Waals surface area contributed by atoms with Crippen LogP contribution in [0.2, 0.25) is 0 Å². The molecule has 0 aromatic heterocycles. The standard InChI is InChI=1S/C9H10INO2/c1-5(12)6-3-8(11)9(13-2)4-7(6)10/h3-4H,11H2,1-2H3. The molecule has 0 fully saturated rings. The van der Waals surface area contributed by atoms with Crippen LogP contribution in [0.4, 0.5) is 5.69 Å². The number of nitrogens with two attached hydrogens (primary N) is 1. The van der Waals surface area contributed by atoms with E-state index in [1.165, 1.54) is 6.92 Å². The van der Waals surface area contributed by atoms with Gasteiger partial charge in [-0.2, -0.15) is 0 Å². The largest absolute Gasteiger partial charge is 0.495 e. The lowest BCUT2D eigenvalue weighted by Gasteiger charge is -2.07. The highest BCUT2D eigenvalue weighted by molar-refractivity contribution is 14.1. The molecule has 0 atom stereocenters. The summed E-state index contributed by atoms with van der Waals surface area (Å²) in [6, 6.07) is 3.40. The minimum absolute atomic E-state index is 0.0127. The van der Waals surface area contributed by atoms with Crippen molar-refractivity contribution >= 4 is 34.1 Å². The Hall–Kier alpha value is -0.780. The van der Waals surface area contributed by atoms with Crippen molar-refractivity contribution in [3.8, 4) is 5.75 Å². The minimum Gasteiger partial charge on any atom is -0.495 e. The van der Waals surface area contributed by atoms with Crippen LogP contribution in [0.25, 0.3) is 0 Å². The molecule has 0 amide bonds. The third-order valence-electron chi connectivity index (χ3n) is 1.70. The molecule has 0 spiro atoms. The van der Waals surface area contributed by atoms with Gasteiger partial charge in [-0.15, -0.1) is 0 Å². The second kappa shape index (κ2) is 3.95. The van der Waals surface area contributed by atoms with Gasteiger partial charge in [0.25, 0.3) is 0 Å². The number of Topliss-reactive ketones (excluding diaryl/α,β-unsaturated/α-hetero) is 1. The molecule has 0 radical (unpaired) electrons. The van der Waals surface area contributed by atoms with Gasteiger partial charge in [0.2, 0.25) is 0 Å². The molecule has 0 saturated heterocycles. The lowest BCUT2D eigenvalue weighted by Crippen LogP contribution is -2.00. The van der Waals surface area contributed by atoms with Gasteiger partial charge in [-0.05, 0) is 41.6 Å². The van der Waals surface area contributed by atoms with E-state index in [2.05, 4.69) is 22.6 Å². The highest BCUT2D eigenvalue weighted by Gasteiger charge is 2.09. The van der Waals surface area contributed by atoms with Gasteiger partial charge < -0.3 is 10.5 Å². The van der Waals surface area contributed by atoms with E-state index >= 15 is 0 Å². The van der Waals surface area contributed by atoms with Crippen molar-refractivity contribution in [3.63, 3.8) is 0 Å². The Morgan fingerprint density at radius 3 is 2.62 bits per heavy atom. The Balaban J connectivity index is 3.28. The van der Waals surface area contributed by atoms with Gasteiger partial charge in [-0.1, -0.05) is 0 Å². The average molecular weight is 291 g/mol. The molecule has 1 rings (SSSR count). The van der Waals surface area contributed by atoms with Crippen molar-refractivity contribution < 1.29 is 9.53 Å². The number of anilines is 1. The van der Waals surface area contributed by atoms with E-state index in [0.717, 1.165) is 3.57 Å². The molecule has 0 aliphatic rings. The van der Waals surface area contributed by atoms with Crippen LogP contribution < -0.4 is 10.5 Å². The molecule has 1 aromatic carbocycles. The molecule has 0 aliphatic heterocycles. The number of benzene rings is 1. The number of carbonyl (C=O) groups excluding carboxylic acids is 1. The number of ketones is 1. The van der Waals surface area contributed by atoms with E-state index in [0.29, 0.717) is 17.0 Å². The summed E-state index contributed by atoms with van der Waals surface area (Å²) in [4.78, 5) is 11.1. The lowest BCUT2D eigenvalue weighted by atomic mass is 10.1. The summed E-state index contributed by atoms with van der Waals surface area (Å²) in [7, 11) is 1.55. The van der Waals surface area contributed by atoms with Crippen LogP contribution >= 0.6 is 22.6 Å². The number of ether oxygens (including phenoxy) is 1. The Morgan fingerprint density at radius 1 is 1.54 bits per heavy atom. The number of hydrogen-bond acceptors (Lipinski definition) is 3. The zero-order chi connectivity index (χ0) is 10.0. The molecule has 1 aromatic rings. The van der Waals surface area contributed by atoms with Crippen molar-refractivity contribution in [1.29, 1.82) is 0 Å². The van der Waals surface area contributed by atoms with Crippen LogP contribution in [0.3, 0.4) is 0 Å². The first kappa shape index (κ1) is 10.3. The molecule has 0 bridgehead atoms. The zero-order valence-electron chi connectivity index (χ0n) is 7.43.